The molecule has 46 valence electrons. The van der Waals surface area contributed by atoms with Crippen molar-refractivity contribution in [2.24, 2.45) is 0 Å². The number of halogens is 1. The van der Waals surface area contributed by atoms with Crippen molar-refractivity contribution in [1.29, 1.82) is 0 Å². The van der Waals surface area contributed by atoms with Crippen LogP contribution in [0, 0.1) is 0 Å². The monoisotopic (exact) mass is 138 g/mol. The van der Waals surface area contributed by atoms with Crippen molar-refractivity contribution >= 4 is 19.2 Å². The zero-order valence-electron chi connectivity index (χ0n) is 5.66. The minimum atomic E-state index is -0.667. The number of hydrogen-bond donors (Lipinski definition) is 0. The van der Waals surface area contributed by atoms with Gasteiger partial charge in [-0.25, -0.2) is 0 Å². The molecule has 0 N–H and O–H groups in total. The summed E-state index contributed by atoms with van der Waals surface area (Å²) in [6.07, 6.45) is 1.25. The Labute approximate surface area is 53.2 Å². The smallest absolute Gasteiger partial charge is 0.134 e. The lowest BCUT2D eigenvalue weighted by Crippen LogP contribution is -1.78. The zero-order chi connectivity index (χ0) is 6.28. The molecule has 7 heavy (non-hydrogen) atoms. The topological polar surface area (TPSA) is 0 Å². The molecule has 0 aliphatic rings. The van der Waals surface area contributed by atoms with Crippen LogP contribution in [0.4, 0.5) is 0 Å². The molecule has 0 fully saturated rings. The van der Waals surface area contributed by atoms with Crippen LogP contribution >= 0.6 is 11.1 Å². The van der Waals surface area contributed by atoms with E-state index >= 15 is 0 Å². The molecule has 0 saturated carbocycles. The Morgan fingerprint density at radius 3 is 1.29 bits per heavy atom. The maximum atomic E-state index is 5.41. The number of hydrogen-bond acceptors (Lipinski definition) is 0. The first-order valence-electron chi connectivity index (χ1n) is 2.79. The van der Waals surface area contributed by atoms with Crippen LogP contribution in [-0.2, 0) is 0 Å². The van der Waals surface area contributed by atoms with Gasteiger partial charge >= 0.3 is 0 Å². The average molecular weight is 139 g/mol. The lowest BCUT2D eigenvalue weighted by Gasteiger charge is -1.72. The lowest BCUT2D eigenvalue weighted by atomic mass is 10.6. The van der Waals surface area contributed by atoms with E-state index in [1.807, 2.05) is 0 Å². The van der Waals surface area contributed by atoms with Gasteiger partial charge in [0.15, 0.2) is 0 Å². The molecule has 0 bridgehead atoms. The Kier molecular flexibility index (Phi) is 14.5. The molecule has 0 aromatic carbocycles. The Hall–Kier alpha value is 0.507. The summed E-state index contributed by atoms with van der Waals surface area (Å²) in [5.74, 6) is 0. The second-order valence-corrected chi connectivity index (χ2v) is 6.37. The van der Waals surface area contributed by atoms with Gasteiger partial charge in [-0.3, -0.25) is 0 Å². The van der Waals surface area contributed by atoms with Gasteiger partial charge in [0.05, 0.1) is 0 Å². The summed E-state index contributed by atoms with van der Waals surface area (Å²) in [5.41, 5.74) is 0. The molecule has 0 amide bonds. The van der Waals surface area contributed by atoms with E-state index in [9.17, 15) is 0 Å². The van der Waals surface area contributed by atoms with Crippen molar-refractivity contribution in [3.8, 4) is 0 Å². The largest absolute Gasteiger partial charge is 0.172 e. The molecule has 0 radical (unpaired) electrons. The molecule has 0 heterocycles. The van der Waals surface area contributed by atoms with Gasteiger partial charge < -0.3 is 0 Å². The third kappa shape index (κ3) is 514. The minimum absolute atomic E-state index is 0.667. The maximum Gasteiger partial charge on any atom is 0.134 e. The highest BCUT2D eigenvalue weighted by Crippen LogP contribution is 1.79. The van der Waals surface area contributed by atoms with E-state index in [4.69, 9.17) is 11.1 Å². The van der Waals surface area contributed by atoms with E-state index in [-0.39, 0.29) is 0 Å². The summed E-state index contributed by atoms with van der Waals surface area (Å²) in [4.78, 5) is 0. The molecule has 0 rings (SSSR count). The van der Waals surface area contributed by atoms with Gasteiger partial charge in [-0.2, -0.15) is 11.1 Å². The Bertz CT molecular complexity index is 19.3. The normalized spacial score (nSPS) is 7.71. The van der Waals surface area contributed by atoms with Crippen molar-refractivity contribution in [1.82, 2.24) is 0 Å². The second kappa shape index (κ2) is 9.71. The van der Waals surface area contributed by atoms with Crippen LogP contribution in [0.5, 0.6) is 0 Å². The molecule has 0 aliphatic heterocycles. The highest BCUT2D eigenvalue weighted by atomic mass is 35.6. The van der Waals surface area contributed by atoms with E-state index in [2.05, 4.69) is 26.9 Å². The van der Waals surface area contributed by atoms with Crippen molar-refractivity contribution < 1.29 is 0 Å². The van der Waals surface area contributed by atoms with Crippen molar-refractivity contribution in [2.45, 2.75) is 33.4 Å². The molecular weight excluding hydrogens is 124 g/mol. The molecule has 0 atom stereocenters. The zero-order valence-corrected chi connectivity index (χ0v) is 7.57. The predicted octanol–water partition coefficient (Wildman–Crippen LogP) is 2.62. The highest BCUT2D eigenvalue weighted by Gasteiger charge is 1.76. The first kappa shape index (κ1) is 10.5. The number of rotatable bonds is 0. The Morgan fingerprint density at radius 1 is 1.29 bits per heavy atom. The second-order valence-electron chi connectivity index (χ2n) is 1.72. The summed E-state index contributed by atoms with van der Waals surface area (Å²) in [7, 11) is -0.667. The first-order valence-corrected chi connectivity index (χ1v) is 6.84. The fraction of sp³-hybridized carbons (Fsp3) is 1.00. The summed E-state index contributed by atoms with van der Waals surface area (Å²) >= 11 is 5.41. The predicted molar refractivity (Wildman–Crippen MR) is 40.7 cm³/mol. The highest BCUT2D eigenvalue weighted by molar-refractivity contribution is 7.05. The summed E-state index contributed by atoms with van der Waals surface area (Å²) in [5, 5.41) is 0. The van der Waals surface area contributed by atoms with E-state index in [0.717, 1.165) is 0 Å². The van der Waals surface area contributed by atoms with Gasteiger partial charge in [-0.1, -0.05) is 33.4 Å². The molecule has 0 aliphatic carbocycles. The molecule has 0 spiro atoms. The minimum Gasteiger partial charge on any atom is -0.172 e. The molecule has 0 aromatic rings. The first-order chi connectivity index (χ1) is 3.15. The van der Waals surface area contributed by atoms with Crippen LogP contribution in [0.2, 0.25) is 13.1 Å². The van der Waals surface area contributed by atoms with Crippen LogP contribution in [0.3, 0.4) is 0 Å². The quantitative estimate of drug-likeness (QED) is 0.357. The third-order valence-corrected chi connectivity index (χ3v) is 0. The van der Waals surface area contributed by atoms with E-state index in [0.29, 0.717) is 0 Å². The average Bonchev–Trinajstić information content (AvgIpc) is 1.33. The van der Waals surface area contributed by atoms with Crippen LogP contribution in [-0.4, -0.2) is 8.11 Å². The molecule has 2 heteroatoms. The molecule has 0 aromatic heterocycles. The van der Waals surface area contributed by atoms with Crippen LogP contribution in [0.25, 0.3) is 0 Å². The Balaban J connectivity index is 0. The van der Waals surface area contributed by atoms with Crippen molar-refractivity contribution in [3.63, 3.8) is 0 Å². The van der Waals surface area contributed by atoms with Crippen molar-refractivity contribution in [3.05, 3.63) is 0 Å². The summed E-state index contributed by atoms with van der Waals surface area (Å²) in [6, 6.07) is 0. The maximum absolute atomic E-state index is 5.41. The van der Waals surface area contributed by atoms with Crippen LogP contribution < -0.4 is 0 Å². The van der Waals surface area contributed by atoms with Crippen LogP contribution in [0.15, 0.2) is 0 Å². The fourth-order valence-corrected chi connectivity index (χ4v) is 0. The molecule has 0 unspecified atom stereocenters. The molecular formula is C5H15ClSi. The fourth-order valence-electron chi connectivity index (χ4n) is 0. The van der Waals surface area contributed by atoms with Crippen molar-refractivity contribution in [2.75, 3.05) is 0 Å². The van der Waals surface area contributed by atoms with E-state index in [1.54, 1.807) is 0 Å². The molecule has 0 saturated heterocycles. The summed E-state index contributed by atoms with van der Waals surface area (Å²) in [6.45, 7) is 8.39. The SMILES string of the molecule is CCC.C[SiH](C)Cl. The third-order valence-electron chi connectivity index (χ3n) is 0. The molecule has 0 nitrogen and oxygen atoms in total. The summed E-state index contributed by atoms with van der Waals surface area (Å²) < 4.78 is 0. The van der Waals surface area contributed by atoms with Gasteiger partial charge in [0.2, 0.25) is 0 Å². The van der Waals surface area contributed by atoms with Crippen LogP contribution in [0.1, 0.15) is 20.3 Å². The van der Waals surface area contributed by atoms with E-state index in [1.165, 1.54) is 6.42 Å². The lowest BCUT2D eigenvalue weighted by molar-refractivity contribution is 1.09. The van der Waals surface area contributed by atoms with Gasteiger partial charge in [0.25, 0.3) is 0 Å². The van der Waals surface area contributed by atoms with Gasteiger partial charge in [0.1, 0.15) is 8.11 Å². The standard InChI is InChI=1S/C3H8.C2H7ClSi/c1-3-2;1-4(2)3/h3H2,1-2H3;4H,1-2H3. The van der Waals surface area contributed by atoms with Gasteiger partial charge in [0, 0.05) is 0 Å². The Morgan fingerprint density at radius 2 is 1.29 bits per heavy atom. The van der Waals surface area contributed by atoms with Gasteiger partial charge in [-0.05, 0) is 0 Å². The van der Waals surface area contributed by atoms with E-state index < -0.39 is 8.11 Å². The van der Waals surface area contributed by atoms with Gasteiger partial charge in [-0.15, -0.1) is 0 Å².